The summed E-state index contributed by atoms with van der Waals surface area (Å²) in [4.78, 5) is 31.1. The third kappa shape index (κ3) is 2.96. The molecular formula is C15H17N7O. The van der Waals surface area contributed by atoms with E-state index in [0.717, 1.165) is 5.56 Å². The molecule has 0 bridgehead atoms. The summed E-state index contributed by atoms with van der Waals surface area (Å²) in [6, 6.07) is 5.59. The van der Waals surface area contributed by atoms with Gasteiger partial charge in [-0.25, -0.2) is 4.98 Å². The van der Waals surface area contributed by atoms with Crippen LogP contribution < -0.4 is 16.2 Å². The highest BCUT2D eigenvalue weighted by atomic mass is 16.1. The highest BCUT2D eigenvalue weighted by molar-refractivity contribution is 5.77. The molecule has 0 saturated heterocycles. The highest BCUT2D eigenvalue weighted by Crippen LogP contribution is 2.10. The lowest BCUT2D eigenvalue weighted by molar-refractivity contribution is 0.700. The maximum Gasteiger partial charge on any atom is 0.261 e. The molecule has 8 heteroatoms. The van der Waals surface area contributed by atoms with Gasteiger partial charge < -0.3 is 10.6 Å². The Bertz CT molecular complexity index is 933. The zero-order valence-corrected chi connectivity index (χ0v) is 13.2. The Kier molecular flexibility index (Phi) is 3.65. The Morgan fingerprint density at radius 2 is 2.00 bits per heavy atom. The number of aromatic nitrogens is 5. The predicted octanol–water partition coefficient (Wildman–Crippen LogP) is 0.586. The maximum absolute atomic E-state index is 12.6. The number of fused-ring (bicyclic) bond motifs is 1. The van der Waals surface area contributed by atoms with Gasteiger partial charge in [-0.3, -0.25) is 9.36 Å². The summed E-state index contributed by atoms with van der Waals surface area (Å²) in [6.45, 7) is 2.12. The quantitative estimate of drug-likeness (QED) is 0.755. The molecule has 3 aromatic rings. The summed E-state index contributed by atoms with van der Waals surface area (Å²) in [5, 5.41) is 0.572. The average Bonchev–Trinajstić information content (AvgIpc) is 2.50. The van der Waals surface area contributed by atoms with E-state index in [0.29, 0.717) is 22.7 Å². The van der Waals surface area contributed by atoms with Crippen LogP contribution in [0.2, 0.25) is 0 Å². The fraction of sp³-hybridized carbons (Fsp3) is 0.267. The highest BCUT2D eigenvalue weighted by Gasteiger charge is 2.10. The zero-order valence-electron chi connectivity index (χ0n) is 13.2. The van der Waals surface area contributed by atoms with Gasteiger partial charge in [0.05, 0.1) is 23.8 Å². The van der Waals surface area contributed by atoms with E-state index in [9.17, 15) is 4.79 Å². The molecule has 3 rings (SSSR count). The van der Waals surface area contributed by atoms with Crippen molar-refractivity contribution in [1.82, 2.24) is 24.5 Å². The normalized spacial score (nSPS) is 10.9. The Balaban J connectivity index is 2.05. The second kappa shape index (κ2) is 5.64. The molecular weight excluding hydrogens is 294 g/mol. The number of nitrogen functional groups attached to an aromatic ring is 1. The Morgan fingerprint density at radius 1 is 1.22 bits per heavy atom. The molecule has 0 aliphatic heterocycles. The number of nitrogens with two attached hydrogens (primary N) is 1. The van der Waals surface area contributed by atoms with E-state index in [1.807, 2.05) is 39.2 Å². The van der Waals surface area contributed by atoms with Crippen molar-refractivity contribution in [2.24, 2.45) is 0 Å². The van der Waals surface area contributed by atoms with Crippen LogP contribution in [-0.4, -0.2) is 38.6 Å². The minimum atomic E-state index is -0.135. The number of hydrogen-bond acceptors (Lipinski definition) is 7. The first kappa shape index (κ1) is 14.9. The second-order valence-electron chi connectivity index (χ2n) is 5.50. The lowest BCUT2D eigenvalue weighted by atomic mass is 10.2. The van der Waals surface area contributed by atoms with Crippen LogP contribution in [0.15, 0.2) is 29.3 Å². The number of hydrogen-bond donors (Lipinski definition) is 1. The lowest BCUT2D eigenvalue weighted by Gasteiger charge is -2.12. The summed E-state index contributed by atoms with van der Waals surface area (Å²) < 4.78 is 1.47. The Labute approximate surface area is 132 Å². The number of anilines is 2. The van der Waals surface area contributed by atoms with Gasteiger partial charge in [0.1, 0.15) is 0 Å². The van der Waals surface area contributed by atoms with Gasteiger partial charge in [0.25, 0.3) is 5.56 Å². The largest absolute Gasteiger partial charge is 0.368 e. The number of benzene rings is 1. The number of nitrogens with zero attached hydrogens (tertiary/aromatic N) is 6. The molecule has 118 valence electrons. The molecule has 1 aromatic carbocycles. The van der Waals surface area contributed by atoms with Crippen molar-refractivity contribution >= 4 is 22.8 Å². The van der Waals surface area contributed by atoms with E-state index in [4.69, 9.17) is 5.73 Å². The fourth-order valence-corrected chi connectivity index (χ4v) is 2.23. The summed E-state index contributed by atoms with van der Waals surface area (Å²) >= 11 is 0. The minimum absolute atomic E-state index is 0.122. The van der Waals surface area contributed by atoms with Gasteiger partial charge >= 0.3 is 0 Å². The molecule has 2 N–H and O–H groups in total. The van der Waals surface area contributed by atoms with Crippen LogP contribution in [0.25, 0.3) is 10.9 Å². The number of aryl methyl sites for hydroxylation is 1. The van der Waals surface area contributed by atoms with Gasteiger partial charge in [-0.2, -0.15) is 15.0 Å². The fourth-order valence-electron chi connectivity index (χ4n) is 2.23. The van der Waals surface area contributed by atoms with Crippen molar-refractivity contribution in [3.63, 3.8) is 0 Å². The molecule has 0 atom stereocenters. The van der Waals surface area contributed by atoms with Crippen molar-refractivity contribution in [3.05, 3.63) is 46.3 Å². The predicted molar refractivity (Wildman–Crippen MR) is 88.4 cm³/mol. The molecule has 23 heavy (non-hydrogen) atoms. The van der Waals surface area contributed by atoms with E-state index in [2.05, 4.69) is 19.9 Å². The van der Waals surface area contributed by atoms with Gasteiger partial charge in [-0.15, -0.1) is 0 Å². The summed E-state index contributed by atoms with van der Waals surface area (Å²) in [5.74, 6) is 0.985. The molecule has 2 aromatic heterocycles. The van der Waals surface area contributed by atoms with E-state index in [1.54, 1.807) is 4.90 Å². The minimum Gasteiger partial charge on any atom is -0.368 e. The molecule has 0 amide bonds. The van der Waals surface area contributed by atoms with Crippen LogP contribution in [-0.2, 0) is 6.54 Å². The molecule has 0 saturated carbocycles. The summed E-state index contributed by atoms with van der Waals surface area (Å²) in [6.07, 6.45) is 1.50. The molecule has 2 heterocycles. The van der Waals surface area contributed by atoms with Crippen LogP contribution >= 0.6 is 0 Å². The van der Waals surface area contributed by atoms with Crippen LogP contribution in [0.5, 0.6) is 0 Å². The van der Waals surface area contributed by atoms with Crippen LogP contribution in [0.4, 0.5) is 11.9 Å². The third-order valence-electron chi connectivity index (χ3n) is 3.38. The van der Waals surface area contributed by atoms with Gasteiger partial charge in [0, 0.05) is 14.1 Å². The summed E-state index contributed by atoms with van der Waals surface area (Å²) in [5.41, 5.74) is 7.25. The van der Waals surface area contributed by atoms with Crippen molar-refractivity contribution in [3.8, 4) is 0 Å². The molecule has 0 aliphatic carbocycles. The zero-order chi connectivity index (χ0) is 16.6. The third-order valence-corrected chi connectivity index (χ3v) is 3.38. The Morgan fingerprint density at radius 3 is 2.74 bits per heavy atom. The number of rotatable bonds is 3. The van der Waals surface area contributed by atoms with Crippen LogP contribution in [0.3, 0.4) is 0 Å². The van der Waals surface area contributed by atoms with E-state index < -0.39 is 0 Å². The molecule has 0 unspecified atom stereocenters. The molecule has 0 radical (unpaired) electrons. The van der Waals surface area contributed by atoms with Crippen LogP contribution in [0.1, 0.15) is 11.4 Å². The van der Waals surface area contributed by atoms with Crippen molar-refractivity contribution in [1.29, 1.82) is 0 Å². The smallest absolute Gasteiger partial charge is 0.261 e. The van der Waals surface area contributed by atoms with Crippen LogP contribution in [0, 0.1) is 6.92 Å². The van der Waals surface area contributed by atoms with Crippen molar-refractivity contribution in [2.75, 3.05) is 24.7 Å². The second-order valence-corrected chi connectivity index (χ2v) is 5.50. The van der Waals surface area contributed by atoms with Gasteiger partial charge in [0.15, 0.2) is 5.82 Å². The molecule has 8 nitrogen and oxygen atoms in total. The van der Waals surface area contributed by atoms with Gasteiger partial charge in [0.2, 0.25) is 11.9 Å². The van der Waals surface area contributed by atoms with E-state index >= 15 is 0 Å². The average molecular weight is 311 g/mol. The first-order valence-corrected chi connectivity index (χ1v) is 7.07. The maximum atomic E-state index is 12.6. The van der Waals surface area contributed by atoms with Gasteiger partial charge in [-0.05, 0) is 19.1 Å². The standard InChI is InChI=1S/C15H17N7O/c1-9-4-5-11-10(6-9)13(23)22(8-17-11)7-12-18-14(16)20-15(19-12)21(2)3/h4-6,8H,7H2,1-3H3,(H2,16,18,19,20). The monoisotopic (exact) mass is 311 g/mol. The first-order chi connectivity index (χ1) is 10.9. The lowest BCUT2D eigenvalue weighted by Crippen LogP contribution is -2.23. The van der Waals surface area contributed by atoms with Crippen molar-refractivity contribution < 1.29 is 0 Å². The van der Waals surface area contributed by atoms with Crippen molar-refractivity contribution in [2.45, 2.75) is 13.5 Å². The first-order valence-electron chi connectivity index (χ1n) is 7.07. The van der Waals surface area contributed by atoms with E-state index in [1.165, 1.54) is 10.9 Å². The topological polar surface area (TPSA) is 103 Å². The van der Waals surface area contributed by atoms with E-state index in [-0.39, 0.29) is 18.1 Å². The Hall–Kier alpha value is -3.03. The molecule has 0 aliphatic rings. The van der Waals surface area contributed by atoms with Gasteiger partial charge in [-0.1, -0.05) is 11.6 Å². The SMILES string of the molecule is Cc1ccc2ncn(Cc3nc(N)nc(N(C)C)n3)c(=O)c2c1. The molecule has 0 fully saturated rings. The summed E-state index contributed by atoms with van der Waals surface area (Å²) in [7, 11) is 3.62. The molecule has 0 spiro atoms.